The lowest BCUT2D eigenvalue weighted by Crippen LogP contribution is -2.53. The van der Waals surface area contributed by atoms with Crippen molar-refractivity contribution in [2.45, 2.75) is 231 Å². The first-order valence-corrected chi connectivity index (χ1v) is 20.7. The molecule has 0 aromatic heterocycles. The SMILES string of the molecule is CCCCCC/C=C\CCCCCCCCC(O)C(=O)NC(CO)C(O)C(O)CCC/C=C/CCCCCCCCCCCCCCC. The molecule has 0 aliphatic rings. The molecule has 0 saturated carbocycles. The molecule has 284 valence electrons. The van der Waals surface area contributed by atoms with Gasteiger partial charge in [0.25, 0.3) is 0 Å². The summed E-state index contributed by atoms with van der Waals surface area (Å²) in [6.45, 7) is 4.01. The van der Waals surface area contributed by atoms with E-state index in [1.165, 1.54) is 135 Å². The lowest BCUT2D eigenvalue weighted by atomic mass is 10.00. The van der Waals surface area contributed by atoms with Crippen LogP contribution in [0.15, 0.2) is 24.3 Å². The molecule has 0 aliphatic carbocycles. The van der Waals surface area contributed by atoms with Gasteiger partial charge in [0.1, 0.15) is 12.2 Å². The van der Waals surface area contributed by atoms with E-state index in [1.54, 1.807) is 0 Å². The molecule has 1 amide bonds. The summed E-state index contributed by atoms with van der Waals surface area (Å²) in [6, 6.07) is -1.00. The van der Waals surface area contributed by atoms with Crippen LogP contribution in [0, 0.1) is 0 Å². The van der Waals surface area contributed by atoms with Gasteiger partial charge in [0.15, 0.2) is 0 Å². The maximum atomic E-state index is 12.5. The van der Waals surface area contributed by atoms with Gasteiger partial charge < -0.3 is 25.7 Å². The van der Waals surface area contributed by atoms with Crippen molar-refractivity contribution in [2.75, 3.05) is 6.61 Å². The molecule has 48 heavy (non-hydrogen) atoms. The van der Waals surface area contributed by atoms with Gasteiger partial charge in [-0.25, -0.2) is 0 Å². The van der Waals surface area contributed by atoms with Gasteiger partial charge in [-0.15, -0.1) is 0 Å². The monoisotopic (exact) mass is 680 g/mol. The van der Waals surface area contributed by atoms with Crippen LogP contribution in [0.2, 0.25) is 0 Å². The molecule has 0 spiro atoms. The fourth-order valence-corrected chi connectivity index (χ4v) is 6.28. The third kappa shape index (κ3) is 30.8. The zero-order valence-electron chi connectivity index (χ0n) is 31.7. The van der Waals surface area contributed by atoms with E-state index >= 15 is 0 Å². The molecule has 5 N–H and O–H groups in total. The number of allylic oxidation sites excluding steroid dienone is 4. The Labute approximate surface area is 297 Å². The largest absolute Gasteiger partial charge is 0.394 e. The first-order chi connectivity index (χ1) is 23.5. The van der Waals surface area contributed by atoms with Crippen LogP contribution in [0.25, 0.3) is 0 Å². The Kier molecular flexibility index (Phi) is 36.1. The number of amides is 1. The lowest BCUT2D eigenvalue weighted by molar-refractivity contribution is -0.132. The highest BCUT2D eigenvalue weighted by Gasteiger charge is 2.28. The second-order valence-corrected chi connectivity index (χ2v) is 14.3. The van der Waals surface area contributed by atoms with E-state index in [-0.39, 0.29) is 0 Å². The molecule has 0 saturated heterocycles. The number of hydrogen-bond acceptors (Lipinski definition) is 5. The van der Waals surface area contributed by atoms with Crippen molar-refractivity contribution >= 4 is 5.91 Å². The van der Waals surface area contributed by atoms with Crippen LogP contribution in [0.5, 0.6) is 0 Å². The Balaban J connectivity index is 3.81. The minimum atomic E-state index is -1.28. The van der Waals surface area contributed by atoms with Crippen LogP contribution in [-0.2, 0) is 4.79 Å². The Morgan fingerprint density at radius 1 is 0.500 bits per heavy atom. The number of aliphatic hydroxyl groups is 4. The summed E-state index contributed by atoms with van der Waals surface area (Å²) < 4.78 is 0. The van der Waals surface area contributed by atoms with Crippen LogP contribution in [0.4, 0.5) is 0 Å². The highest BCUT2D eigenvalue weighted by atomic mass is 16.3. The number of hydrogen-bond donors (Lipinski definition) is 5. The molecule has 0 rings (SSSR count). The summed E-state index contributed by atoms with van der Waals surface area (Å²) in [6.07, 6.45) is 40.6. The minimum Gasteiger partial charge on any atom is -0.394 e. The lowest BCUT2D eigenvalue weighted by Gasteiger charge is -2.27. The van der Waals surface area contributed by atoms with Crippen LogP contribution in [0.3, 0.4) is 0 Å². The number of carbonyl (C=O) groups is 1. The van der Waals surface area contributed by atoms with E-state index in [1.807, 2.05) is 0 Å². The Morgan fingerprint density at radius 3 is 1.27 bits per heavy atom. The molecule has 0 heterocycles. The van der Waals surface area contributed by atoms with Gasteiger partial charge >= 0.3 is 0 Å². The number of unbranched alkanes of at least 4 members (excludes halogenated alkanes) is 24. The van der Waals surface area contributed by atoms with Crippen molar-refractivity contribution in [3.8, 4) is 0 Å². The molecule has 6 nitrogen and oxygen atoms in total. The predicted octanol–water partition coefficient (Wildman–Crippen LogP) is 10.4. The second-order valence-electron chi connectivity index (χ2n) is 14.3. The summed E-state index contributed by atoms with van der Waals surface area (Å²) >= 11 is 0. The van der Waals surface area contributed by atoms with E-state index in [4.69, 9.17) is 0 Å². The molecule has 0 aliphatic heterocycles. The average Bonchev–Trinajstić information content (AvgIpc) is 3.09. The van der Waals surface area contributed by atoms with E-state index in [0.717, 1.165) is 44.9 Å². The number of rotatable bonds is 37. The van der Waals surface area contributed by atoms with Crippen molar-refractivity contribution in [3.05, 3.63) is 24.3 Å². The van der Waals surface area contributed by atoms with Crippen LogP contribution >= 0.6 is 0 Å². The fourth-order valence-electron chi connectivity index (χ4n) is 6.28. The molecule has 4 unspecified atom stereocenters. The predicted molar refractivity (Wildman–Crippen MR) is 205 cm³/mol. The third-order valence-corrected chi connectivity index (χ3v) is 9.63. The molecule has 4 atom stereocenters. The van der Waals surface area contributed by atoms with E-state index < -0.39 is 36.9 Å². The Morgan fingerprint density at radius 2 is 0.854 bits per heavy atom. The van der Waals surface area contributed by atoms with E-state index in [2.05, 4.69) is 43.5 Å². The van der Waals surface area contributed by atoms with Gasteiger partial charge in [-0.05, 0) is 64.2 Å². The Hall–Kier alpha value is -1.21. The summed E-state index contributed by atoms with van der Waals surface area (Å²) in [5.74, 6) is -0.599. The maximum absolute atomic E-state index is 12.5. The molecule has 6 heteroatoms. The normalized spacial score (nSPS) is 14.5. The summed E-state index contributed by atoms with van der Waals surface area (Å²) in [5.41, 5.74) is 0. The molecular formula is C42H81NO5. The average molecular weight is 680 g/mol. The van der Waals surface area contributed by atoms with Crippen molar-refractivity contribution in [1.82, 2.24) is 5.32 Å². The van der Waals surface area contributed by atoms with E-state index in [9.17, 15) is 25.2 Å². The van der Waals surface area contributed by atoms with Gasteiger partial charge in [-0.2, -0.15) is 0 Å². The number of nitrogens with one attached hydrogen (secondary N) is 1. The molecular weight excluding hydrogens is 598 g/mol. The third-order valence-electron chi connectivity index (χ3n) is 9.63. The van der Waals surface area contributed by atoms with Crippen LogP contribution in [0.1, 0.15) is 206 Å². The topological polar surface area (TPSA) is 110 Å². The second kappa shape index (κ2) is 37.1. The van der Waals surface area contributed by atoms with Gasteiger partial charge in [0.05, 0.1) is 18.8 Å². The number of aliphatic hydroxyl groups excluding tert-OH is 4. The summed E-state index contributed by atoms with van der Waals surface area (Å²) in [4.78, 5) is 12.5. The smallest absolute Gasteiger partial charge is 0.249 e. The fraction of sp³-hybridized carbons (Fsp3) is 0.881. The summed E-state index contributed by atoms with van der Waals surface area (Å²) in [7, 11) is 0. The summed E-state index contributed by atoms with van der Waals surface area (Å²) in [5, 5.41) is 43.5. The molecule has 0 aromatic carbocycles. The highest BCUT2D eigenvalue weighted by Crippen LogP contribution is 2.15. The van der Waals surface area contributed by atoms with Crippen molar-refractivity contribution in [1.29, 1.82) is 0 Å². The van der Waals surface area contributed by atoms with Crippen molar-refractivity contribution in [3.63, 3.8) is 0 Å². The first kappa shape index (κ1) is 46.8. The highest BCUT2D eigenvalue weighted by molar-refractivity contribution is 5.80. The minimum absolute atomic E-state index is 0.356. The first-order valence-electron chi connectivity index (χ1n) is 20.7. The molecule has 0 bridgehead atoms. The van der Waals surface area contributed by atoms with Crippen molar-refractivity contribution < 1.29 is 25.2 Å². The van der Waals surface area contributed by atoms with Gasteiger partial charge in [0, 0.05) is 0 Å². The maximum Gasteiger partial charge on any atom is 0.249 e. The van der Waals surface area contributed by atoms with Gasteiger partial charge in [-0.3, -0.25) is 4.79 Å². The molecule has 0 radical (unpaired) electrons. The zero-order chi connectivity index (χ0) is 35.3. The van der Waals surface area contributed by atoms with E-state index in [0.29, 0.717) is 12.8 Å². The standard InChI is InChI=1S/C42H81NO5/c1-3-5-7-9-11-13-15-17-19-20-21-22-24-25-27-29-31-33-35-39(45)41(47)38(37-44)43-42(48)40(46)36-34-32-30-28-26-23-18-16-14-12-10-8-6-4-2/h14,16,27,29,38-41,44-47H,3-13,15,17-26,28,30-37H2,1-2H3,(H,43,48)/b16-14-,29-27+. The van der Waals surface area contributed by atoms with Crippen LogP contribution in [-0.4, -0.2) is 57.3 Å². The van der Waals surface area contributed by atoms with Crippen LogP contribution < -0.4 is 5.32 Å². The Bertz CT molecular complexity index is 727. The zero-order valence-corrected chi connectivity index (χ0v) is 31.7. The van der Waals surface area contributed by atoms with Gasteiger partial charge in [0.2, 0.25) is 5.91 Å². The van der Waals surface area contributed by atoms with Gasteiger partial charge in [-0.1, -0.05) is 167 Å². The quantitative estimate of drug-likeness (QED) is 0.0332. The van der Waals surface area contributed by atoms with Crippen molar-refractivity contribution in [2.24, 2.45) is 0 Å². The molecule has 0 aromatic rings. The molecule has 0 fully saturated rings. The number of carbonyl (C=O) groups excluding carboxylic acids is 1.